The van der Waals surface area contributed by atoms with Gasteiger partial charge >= 0.3 is 0 Å². The van der Waals surface area contributed by atoms with Crippen LogP contribution in [0.2, 0.25) is 0 Å². The predicted molar refractivity (Wildman–Crippen MR) is 71.5 cm³/mol. The van der Waals surface area contributed by atoms with Crippen LogP contribution in [0.25, 0.3) is 0 Å². The first-order chi connectivity index (χ1) is 8.36. The number of rotatable bonds is 6. The van der Waals surface area contributed by atoms with Gasteiger partial charge in [0.2, 0.25) is 0 Å². The molecule has 4 heteroatoms. The van der Waals surface area contributed by atoms with Crippen molar-refractivity contribution < 1.29 is 14.2 Å². The van der Waals surface area contributed by atoms with Crippen molar-refractivity contribution >= 4 is 5.69 Å². The van der Waals surface area contributed by atoms with Crippen molar-refractivity contribution in [1.29, 1.82) is 0 Å². The zero-order valence-corrected chi connectivity index (χ0v) is 11.5. The highest BCUT2D eigenvalue weighted by molar-refractivity contribution is 5.47. The largest absolute Gasteiger partial charge is 0.491 e. The fraction of sp³-hybridized carbons (Fsp3) is 0.571. The van der Waals surface area contributed by atoms with Crippen LogP contribution in [-0.4, -0.2) is 23.9 Å². The van der Waals surface area contributed by atoms with E-state index >= 15 is 0 Å². The molecule has 18 heavy (non-hydrogen) atoms. The third-order valence-electron chi connectivity index (χ3n) is 3.13. The van der Waals surface area contributed by atoms with E-state index in [1.54, 1.807) is 19.1 Å². The van der Waals surface area contributed by atoms with Crippen LogP contribution in [0.4, 0.5) is 10.1 Å². The molecule has 1 aromatic carbocycles. The van der Waals surface area contributed by atoms with E-state index in [1.165, 1.54) is 6.07 Å². The van der Waals surface area contributed by atoms with Gasteiger partial charge in [-0.15, -0.1) is 0 Å². The minimum atomic E-state index is -0.824. The molecule has 0 saturated heterocycles. The van der Waals surface area contributed by atoms with Crippen molar-refractivity contribution in [1.82, 2.24) is 0 Å². The van der Waals surface area contributed by atoms with Crippen LogP contribution < -0.4 is 10.1 Å². The molecule has 1 aromatic rings. The van der Waals surface area contributed by atoms with Crippen LogP contribution >= 0.6 is 0 Å². The summed E-state index contributed by atoms with van der Waals surface area (Å²) in [6.07, 6.45) is 0. The fourth-order valence-corrected chi connectivity index (χ4v) is 1.37. The van der Waals surface area contributed by atoms with E-state index in [-0.39, 0.29) is 11.7 Å². The summed E-state index contributed by atoms with van der Waals surface area (Å²) in [6.45, 7) is 8.27. The van der Waals surface area contributed by atoms with Crippen LogP contribution in [0.1, 0.15) is 27.7 Å². The Balaban J connectivity index is 2.67. The van der Waals surface area contributed by atoms with E-state index in [4.69, 9.17) is 4.74 Å². The molecule has 0 aliphatic carbocycles. The van der Waals surface area contributed by atoms with Crippen LogP contribution in [0.15, 0.2) is 18.2 Å². The summed E-state index contributed by atoms with van der Waals surface area (Å²) in [6, 6.07) is 4.71. The first kappa shape index (κ1) is 14.8. The molecule has 0 fully saturated rings. The molecule has 1 unspecified atom stereocenters. The number of nitrogens with one attached hydrogen (secondary N) is 1. The lowest BCUT2D eigenvalue weighted by Crippen LogP contribution is -2.38. The Hall–Kier alpha value is -1.29. The van der Waals surface area contributed by atoms with Gasteiger partial charge in [-0.3, -0.25) is 0 Å². The summed E-state index contributed by atoms with van der Waals surface area (Å²) in [5, 5.41) is 13.1. The zero-order valence-electron chi connectivity index (χ0n) is 11.5. The number of halogens is 1. The highest BCUT2D eigenvalue weighted by atomic mass is 19.1. The number of benzene rings is 1. The highest BCUT2D eigenvalue weighted by Gasteiger charge is 2.24. The average molecular weight is 255 g/mol. The Kier molecular flexibility index (Phi) is 4.96. The van der Waals surface area contributed by atoms with E-state index in [9.17, 15) is 9.50 Å². The Morgan fingerprint density at radius 3 is 2.61 bits per heavy atom. The first-order valence-electron chi connectivity index (χ1n) is 6.25. The smallest absolute Gasteiger partial charge is 0.167 e. The minimum Gasteiger partial charge on any atom is -0.491 e. The number of hydrogen-bond acceptors (Lipinski definition) is 3. The molecular weight excluding hydrogens is 233 g/mol. The van der Waals surface area contributed by atoms with Gasteiger partial charge < -0.3 is 15.2 Å². The van der Waals surface area contributed by atoms with Gasteiger partial charge in [0, 0.05) is 18.3 Å². The second-order valence-corrected chi connectivity index (χ2v) is 4.94. The van der Waals surface area contributed by atoms with Crippen molar-refractivity contribution in [3.05, 3.63) is 24.0 Å². The topological polar surface area (TPSA) is 41.5 Å². The SMILES string of the molecule is CCOc1ccc(NCC(C)(O)C(C)C)cc1F. The van der Waals surface area contributed by atoms with E-state index in [0.717, 1.165) is 0 Å². The maximum Gasteiger partial charge on any atom is 0.167 e. The molecule has 0 amide bonds. The lowest BCUT2D eigenvalue weighted by molar-refractivity contribution is 0.0266. The second-order valence-electron chi connectivity index (χ2n) is 4.94. The Labute approximate surface area is 108 Å². The Morgan fingerprint density at radius 2 is 2.11 bits per heavy atom. The van der Waals surface area contributed by atoms with Gasteiger partial charge in [0.15, 0.2) is 11.6 Å². The van der Waals surface area contributed by atoms with Crippen molar-refractivity contribution in [2.24, 2.45) is 5.92 Å². The lowest BCUT2D eigenvalue weighted by atomic mass is 9.92. The molecule has 0 aliphatic rings. The molecule has 1 rings (SSSR count). The molecule has 0 spiro atoms. The zero-order chi connectivity index (χ0) is 13.8. The lowest BCUT2D eigenvalue weighted by Gasteiger charge is -2.28. The van der Waals surface area contributed by atoms with Gasteiger partial charge in [0.05, 0.1) is 12.2 Å². The normalized spacial score (nSPS) is 14.4. The van der Waals surface area contributed by atoms with Crippen LogP contribution in [-0.2, 0) is 0 Å². The molecule has 0 aromatic heterocycles. The van der Waals surface area contributed by atoms with Crippen molar-refractivity contribution in [3.8, 4) is 5.75 Å². The molecule has 3 nitrogen and oxygen atoms in total. The summed E-state index contributed by atoms with van der Waals surface area (Å²) >= 11 is 0. The maximum absolute atomic E-state index is 13.6. The highest BCUT2D eigenvalue weighted by Crippen LogP contribution is 2.22. The van der Waals surface area contributed by atoms with Gasteiger partial charge in [-0.1, -0.05) is 13.8 Å². The second kappa shape index (κ2) is 6.05. The number of aliphatic hydroxyl groups is 1. The molecule has 0 bridgehead atoms. The minimum absolute atomic E-state index is 0.123. The standard InChI is InChI=1S/C14H22FNO2/c1-5-18-13-7-6-11(8-12(13)15)16-9-14(4,17)10(2)3/h6-8,10,16-17H,5,9H2,1-4H3. The summed E-state index contributed by atoms with van der Waals surface area (Å²) in [5.74, 6) is -0.0257. The summed E-state index contributed by atoms with van der Waals surface area (Å²) in [7, 11) is 0. The third-order valence-corrected chi connectivity index (χ3v) is 3.13. The van der Waals surface area contributed by atoms with Crippen LogP contribution in [0.3, 0.4) is 0 Å². The molecule has 0 radical (unpaired) electrons. The van der Waals surface area contributed by atoms with E-state index in [0.29, 0.717) is 18.8 Å². The van der Waals surface area contributed by atoms with Crippen LogP contribution in [0, 0.1) is 11.7 Å². The number of ether oxygens (including phenoxy) is 1. The molecule has 0 heterocycles. The van der Waals surface area contributed by atoms with E-state index < -0.39 is 11.4 Å². The van der Waals surface area contributed by atoms with Crippen LogP contribution in [0.5, 0.6) is 5.75 Å². The molecule has 102 valence electrons. The molecule has 2 N–H and O–H groups in total. The van der Waals surface area contributed by atoms with E-state index in [1.807, 2.05) is 20.8 Å². The average Bonchev–Trinajstić information content (AvgIpc) is 2.30. The summed E-state index contributed by atoms with van der Waals surface area (Å²) in [5.41, 5.74) is -0.188. The van der Waals surface area contributed by atoms with E-state index in [2.05, 4.69) is 5.32 Å². The van der Waals surface area contributed by atoms with Gasteiger partial charge in [-0.25, -0.2) is 4.39 Å². The van der Waals surface area contributed by atoms with Gasteiger partial charge in [-0.2, -0.15) is 0 Å². The van der Waals surface area contributed by atoms with Gasteiger partial charge in [-0.05, 0) is 31.9 Å². The fourth-order valence-electron chi connectivity index (χ4n) is 1.37. The van der Waals surface area contributed by atoms with Crippen molar-refractivity contribution in [2.45, 2.75) is 33.3 Å². The Morgan fingerprint density at radius 1 is 1.44 bits per heavy atom. The molecule has 0 saturated carbocycles. The summed E-state index contributed by atoms with van der Waals surface area (Å²) in [4.78, 5) is 0. The maximum atomic E-state index is 13.6. The molecule has 0 aliphatic heterocycles. The van der Waals surface area contributed by atoms with Gasteiger partial charge in [0.1, 0.15) is 0 Å². The predicted octanol–water partition coefficient (Wildman–Crippen LogP) is 3.04. The monoisotopic (exact) mass is 255 g/mol. The molecule has 1 atom stereocenters. The Bertz CT molecular complexity index is 391. The van der Waals surface area contributed by atoms with Crippen molar-refractivity contribution in [2.75, 3.05) is 18.5 Å². The summed E-state index contributed by atoms with van der Waals surface area (Å²) < 4.78 is 18.7. The first-order valence-corrected chi connectivity index (χ1v) is 6.25. The number of anilines is 1. The molecular formula is C14H22FNO2. The quantitative estimate of drug-likeness (QED) is 0.821. The number of hydrogen-bond donors (Lipinski definition) is 2. The van der Waals surface area contributed by atoms with Crippen molar-refractivity contribution in [3.63, 3.8) is 0 Å². The van der Waals surface area contributed by atoms with Gasteiger partial charge in [0.25, 0.3) is 0 Å². The third kappa shape index (κ3) is 3.88.